The molecule has 4 aromatic rings. The first-order valence-electron chi connectivity index (χ1n) is 13.0. The molecule has 0 saturated heterocycles. The quantitative estimate of drug-likeness (QED) is 0.218. The molecule has 0 radical (unpaired) electrons. The predicted molar refractivity (Wildman–Crippen MR) is 160 cm³/mol. The number of thiophene rings is 1. The molecule has 0 aliphatic rings. The van der Waals surface area contributed by atoms with Crippen molar-refractivity contribution in [2.75, 3.05) is 0 Å². The summed E-state index contributed by atoms with van der Waals surface area (Å²) in [6.45, 7) is 2.80. The van der Waals surface area contributed by atoms with Gasteiger partial charge in [-0.15, -0.1) is 35.1 Å². The number of nitrogens with zero attached hydrogens (tertiary/aromatic N) is 4. The number of fused-ring (bicyclic) bond motifs is 1. The summed E-state index contributed by atoms with van der Waals surface area (Å²) < 4.78 is 77.9. The Morgan fingerprint density at radius 3 is 2.38 bits per heavy atom. The molecular formula is C27H27ClF5N5O5S2. The molecule has 2 N–H and O–H groups in total. The van der Waals surface area contributed by atoms with Crippen LogP contribution in [0.1, 0.15) is 31.4 Å². The number of ether oxygens (including phenoxy) is 1. The van der Waals surface area contributed by atoms with E-state index < -0.39 is 71.3 Å². The van der Waals surface area contributed by atoms with Crippen molar-refractivity contribution in [3.05, 3.63) is 71.3 Å². The number of amides is 1. The summed E-state index contributed by atoms with van der Waals surface area (Å²) in [4.78, 5) is 54.9. The first-order chi connectivity index (χ1) is 20.6. The highest BCUT2D eigenvalue weighted by Gasteiger charge is 2.39. The molecule has 0 aliphatic carbocycles. The van der Waals surface area contributed by atoms with E-state index in [0.717, 1.165) is 37.9 Å². The van der Waals surface area contributed by atoms with Crippen LogP contribution < -0.4 is 21.8 Å². The number of aromatic nitrogens is 3. The van der Waals surface area contributed by atoms with Crippen molar-refractivity contribution in [1.82, 2.24) is 13.7 Å². The van der Waals surface area contributed by atoms with Gasteiger partial charge in [-0.1, -0.05) is 20.3 Å². The van der Waals surface area contributed by atoms with E-state index in [-0.39, 0.29) is 39.8 Å². The number of nitrogens with two attached hydrogens (primary N) is 1. The van der Waals surface area contributed by atoms with Gasteiger partial charge in [-0.3, -0.25) is 28.1 Å². The normalized spacial score (nSPS) is 13.5. The molecule has 0 bridgehead atoms. The molecular weight excluding hydrogens is 669 g/mol. The topological polar surface area (TPSA) is 131 Å². The zero-order valence-corrected chi connectivity index (χ0v) is 26.6. The lowest BCUT2D eigenvalue weighted by atomic mass is 10.0. The summed E-state index contributed by atoms with van der Waals surface area (Å²) in [5.41, 5.74) is 1.96. The smallest absolute Gasteiger partial charge is 0.422 e. The Labute approximate surface area is 265 Å². The van der Waals surface area contributed by atoms with Crippen LogP contribution in [0, 0.1) is 17.6 Å². The highest BCUT2D eigenvalue weighted by molar-refractivity contribution is 7.17. The number of halogens is 6. The molecule has 45 heavy (non-hydrogen) atoms. The largest absolute Gasteiger partial charge is 0.443 e. The number of benzene rings is 1. The van der Waals surface area contributed by atoms with Crippen molar-refractivity contribution in [3.63, 3.8) is 0 Å². The zero-order valence-electron chi connectivity index (χ0n) is 24.1. The lowest BCUT2D eigenvalue weighted by molar-refractivity contribution is -0.150. The number of hydrogen-bond acceptors (Lipinski definition) is 8. The number of carbonyl (C=O) groups excluding carboxylic acids is 2. The molecule has 10 nitrogen and oxygen atoms in total. The first kappa shape index (κ1) is 35.8. The fraction of sp³-hybridized carbons (Fsp3) is 0.370. The molecule has 0 spiro atoms. The average molecular weight is 696 g/mol. The minimum Gasteiger partial charge on any atom is -0.443 e. The number of thiazole rings is 1. The molecule has 18 heteroatoms. The Balaban J connectivity index is 0.00000552. The fourth-order valence-corrected chi connectivity index (χ4v) is 6.27. The van der Waals surface area contributed by atoms with Crippen molar-refractivity contribution >= 4 is 57.2 Å². The Hall–Kier alpha value is -3.67. The first-order valence-corrected chi connectivity index (χ1v) is 14.7. The second-order valence-electron chi connectivity index (χ2n) is 9.95. The van der Waals surface area contributed by atoms with Crippen molar-refractivity contribution in [1.29, 1.82) is 0 Å². The van der Waals surface area contributed by atoms with E-state index in [0.29, 0.717) is 17.3 Å². The monoisotopic (exact) mass is 695 g/mol. The number of esters is 1. The van der Waals surface area contributed by atoms with E-state index in [1.54, 1.807) is 13.8 Å². The maximum Gasteiger partial charge on any atom is 0.422 e. The highest BCUT2D eigenvalue weighted by atomic mass is 35.5. The lowest BCUT2D eigenvalue weighted by Crippen LogP contribution is -2.38. The van der Waals surface area contributed by atoms with Crippen LogP contribution in [0.2, 0.25) is 0 Å². The van der Waals surface area contributed by atoms with Gasteiger partial charge in [0.15, 0.2) is 11.5 Å². The summed E-state index contributed by atoms with van der Waals surface area (Å²) in [6, 6.07) is 0.189. The molecule has 3 heterocycles. The van der Waals surface area contributed by atoms with Gasteiger partial charge < -0.3 is 10.5 Å². The third kappa shape index (κ3) is 6.95. The van der Waals surface area contributed by atoms with Gasteiger partial charge in [-0.05, 0) is 29.0 Å². The van der Waals surface area contributed by atoms with Crippen LogP contribution in [0.3, 0.4) is 0 Å². The van der Waals surface area contributed by atoms with Gasteiger partial charge in [0.2, 0.25) is 0 Å². The van der Waals surface area contributed by atoms with Crippen LogP contribution in [-0.2, 0) is 47.7 Å². The van der Waals surface area contributed by atoms with Crippen LogP contribution in [0.4, 0.5) is 22.0 Å². The van der Waals surface area contributed by atoms with E-state index in [9.17, 15) is 36.7 Å². The van der Waals surface area contributed by atoms with Crippen LogP contribution in [0.15, 0.2) is 37.5 Å². The molecule has 0 saturated carbocycles. The van der Waals surface area contributed by atoms with Gasteiger partial charge in [-0.25, -0.2) is 13.6 Å². The predicted octanol–water partition coefficient (Wildman–Crippen LogP) is 4.09. The zero-order chi connectivity index (χ0) is 32.7. The molecule has 3 aromatic heterocycles. The van der Waals surface area contributed by atoms with Crippen molar-refractivity contribution in [2.45, 2.75) is 45.6 Å². The minimum absolute atomic E-state index is 0. The van der Waals surface area contributed by atoms with Crippen LogP contribution in [-0.4, -0.2) is 31.6 Å². The number of hydrogen-bond donors (Lipinski definition) is 1. The van der Waals surface area contributed by atoms with E-state index in [4.69, 9.17) is 10.5 Å². The summed E-state index contributed by atoms with van der Waals surface area (Å²) in [5, 5.41) is 2.84. The highest BCUT2D eigenvalue weighted by Crippen LogP contribution is 2.37. The van der Waals surface area contributed by atoms with Gasteiger partial charge in [-0.2, -0.15) is 18.2 Å². The summed E-state index contributed by atoms with van der Waals surface area (Å²) in [7, 11) is 2.76. The Morgan fingerprint density at radius 2 is 1.76 bits per heavy atom. The Morgan fingerprint density at radius 1 is 1.09 bits per heavy atom. The van der Waals surface area contributed by atoms with Crippen molar-refractivity contribution in [2.24, 2.45) is 30.7 Å². The fourth-order valence-electron chi connectivity index (χ4n) is 4.34. The molecule has 2 atom stereocenters. The van der Waals surface area contributed by atoms with Crippen molar-refractivity contribution in [3.8, 4) is 11.3 Å². The molecule has 4 rings (SSSR count). The Bertz CT molecular complexity index is 1960. The summed E-state index contributed by atoms with van der Waals surface area (Å²) in [6.07, 6.45) is -5.21. The minimum atomic E-state index is -5.35. The van der Waals surface area contributed by atoms with Crippen LogP contribution >= 0.6 is 35.1 Å². The maximum absolute atomic E-state index is 15.1. The summed E-state index contributed by atoms with van der Waals surface area (Å²) in [5.74, 6) is -5.67. The van der Waals surface area contributed by atoms with Gasteiger partial charge >= 0.3 is 17.8 Å². The van der Waals surface area contributed by atoms with Gasteiger partial charge in [0.25, 0.3) is 11.5 Å². The SMILES string of the molecule is CC[C@H](C)[C@H](N)C(=O)OCn1c(-c2ccc(F)c(C(F)(F)F)c2F)csc1=NC(=O)Cc1csc2c1c(=O)n(C)c(=O)n2C.Cl. The Kier molecular flexibility index (Phi) is 10.9. The molecule has 0 unspecified atom stereocenters. The van der Waals surface area contributed by atoms with Crippen LogP contribution in [0.25, 0.3) is 21.5 Å². The maximum atomic E-state index is 15.1. The third-order valence-electron chi connectivity index (χ3n) is 7.12. The average Bonchev–Trinajstić information content (AvgIpc) is 3.56. The third-order valence-corrected chi connectivity index (χ3v) is 9.09. The standard InChI is InChI=1S/C27H26F5N5O5S2.ClH/c1-5-12(2)21(33)24(40)42-11-37-16(14-6-7-15(28)19(20(14)29)27(30,31)32)10-44-25(37)34-17(38)8-13-9-43-23-18(13)22(39)35(3)26(41)36(23)4;/h6-7,9-10,12,21H,5,8,11,33H2,1-4H3;1H/t12-,21-;/m0./s1. The number of carbonyl (C=O) groups is 2. The number of alkyl halides is 3. The van der Waals surface area contributed by atoms with Gasteiger partial charge in [0, 0.05) is 25.0 Å². The molecule has 0 aliphatic heterocycles. The van der Waals surface area contributed by atoms with E-state index >= 15 is 4.39 Å². The van der Waals surface area contributed by atoms with E-state index in [1.807, 2.05) is 0 Å². The van der Waals surface area contributed by atoms with Gasteiger partial charge in [0.1, 0.15) is 28.1 Å². The van der Waals surface area contributed by atoms with Gasteiger partial charge in [0.05, 0.1) is 17.5 Å². The molecule has 1 aromatic carbocycles. The van der Waals surface area contributed by atoms with E-state index in [2.05, 4.69) is 4.99 Å². The number of rotatable bonds is 8. The van der Waals surface area contributed by atoms with Crippen LogP contribution in [0.5, 0.6) is 0 Å². The number of aryl methyl sites for hydroxylation is 1. The summed E-state index contributed by atoms with van der Waals surface area (Å²) >= 11 is 1.80. The lowest BCUT2D eigenvalue weighted by Gasteiger charge is -2.18. The second-order valence-corrected chi connectivity index (χ2v) is 11.6. The molecule has 0 fully saturated rings. The second kappa shape index (κ2) is 13.8. The molecule has 1 amide bonds. The molecule has 244 valence electrons. The van der Waals surface area contributed by atoms with E-state index in [1.165, 1.54) is 29.4 Å². The van der Waals surface area contributed by atoms with Crippen molar-refractivity contribution < 1.29 is 36.3 Å².